The van der Waals surface area contributed by atoms with E-state index in [9.17, 15) is 9.90 Å². The maximum atomic E-state index is 11.0. The molecule has 2 aromatic carbocycles. The molecule has 0 saturated carbocycles. The lowest BCUT2D eigenvalue weighted by Crippen LogP contribution is -2.17. The fourth-order valence-electron chi connectivity index (χ4n) is 1.97. The van der Waals surface area contributed by atoms with E-state index < -0.39 is 6.10 Å². The van der Waals surface area contributed by atoms with Crippen LogP contribution in [0.2, 0.25) is 5.02 Å². The Morgan fingerprint density at radius 3 is 2.50 bits per heavy atom. The van der Waals surface area contributed by atoms with Gasteiger partial charge in [0.25, 0.3) is 0 Å². The molecule has 0 heterocycles. The summed E-state index contributed by atoms with van der Waals surface area (Å²) < 4.78 is 5.52. The summed E-state index contributed by atoms with van der Waals surface area (Å²) in [5, 5.41) is 13.4. The van der Waals surface area contributed by atoms with Gasteiger partial charge in [-0.25, -0.2) is 0 Å². The van der Waals surface area contributed by atoms with Crippen molar-refractivity contribution >= 4 is 35.0 Å². The van der Waals surface area contributed by atoms with E-state index in [1.54, 1.807) is 11.8 Å². The van der Waals surface area contributed by atoms with Crippen molar-refractivity contribution in [3.8, 4) is 0 Å². The molecule has 128 valence electrons. The maximum Gasteiger partial charge on any atom is 0.221 e. The third-order valence-corrected chi connectivity index (χ3v) is 4.52. The second-order valence-electron chi connectivity index (χ2n) is 5.31. The molecule has 6 heteroatoms. The van der Waals surface area contributed by atoms with Crippen LogP contribution in [0.3, 0.4) is 0 Å². The van der Waals surface area contributed by atoms with Crippen LogP contribution in [-0.4, -0.2) is 29.5 Å². The van der Waals surface area contributed by atoms with E-state index in [1.165, 1.54) is 6.92 Å². The molecule has 4 nitrogen and oxygen atoms in total. The van der Waals surface area contributed by atoms with Gasteiger partial charge in [-0.1, -0.05) is 23.7 Å². The summed E-state index contributed by atoms with van der Waals surface area (Å²) in [5.74, 6) is 0.448. The Morgan fingerprint density at radius 2 is 1.88 bits per heavy atom. The van der Waals surface area contributed by atoms with Crippen molar-refractivity contribution in [2.75, 3.05) is 17.7 Å². The van der Waals surface area contributed by atoms with E-state index in [0.29, 0.717) is 17.4 Å². The molecule has 0 saturated heterocycles. The molecule has 1 atom stereocenters. The van der Waals surface area contributed by atoms with Crippen LogP contribution in [0, 0.1) is 0 Å². The highest BCUT2D eigenvalue weighted by molar-refractivity contribution is 7.99. The van der Waals surface area contributed by atoms with Crippen molar-refractivity contribution < 1.29 is 14.6 Å². The van der Waals surface area contributed by atoms with Gasteiger partial charge in [-0.15, -0.1) is 11.8 Å². The van der Waals surface area contributed by atoms with Crippen molar-refractivity contribution in [3.05, 3.63) is 59.1 Å². The third-order valence-electron chi connectivity index (χ3n) is 3.11. The molecule has 0 aliphatic heterocycles. The van der Waals surface area contributed by atoms with E-state index in [-0.39, 0.29) is 12.5 Å². The van der Waals surface area contributed by atoms with Crippen LogP contribution in [0.15, 0.2) is 53.4 Å². The van der Waals surface area contributed by atoms with Crippen LogP contribution < -0.4 is 5.32 Å². The maximum absolute atomic E-state index is 11.0. The fraction of sp³-hybridized carbons (Fsp3) is 0.278. The van der Waals surface area contributed by atoms with Gasteiger partial charge >= 0.3 is 0 Å². The minimum Gasteiger partial charge on any atom is -0.390 e. The molecule has 2 aromatic rings. The summed E-state index contributed by atoms with van der Waals surface area (Å²) >= 11 is 7.37. The molecule has 0 aromatic heterocycles. The Balaban J connectivity index is 1.68. The number of rotatable bonds is 8. The zero-order chi connectivity index (χ0) is 17.4. The normalized spacial score (nSPS) is 12.0. The van der Waals surface area contributed by atoms with Crippen LogP contribution in [0.1, 0.15) is 12.5 Å². The smallest absolute Gasteiger partial charge is 0.221 e. The summed E-state index contributed by atoms with van der Waals surface area (Å²) in [6, 6.07) is 14.9. The van der Waals surface area contributed by atoms with Gasteiger partial charge in [-0.3, -0.25) is 4.79 Å². The van der Waals surface area contributed by atoms with Crippen molar-refractivity contribution in [2.45, 2.75) is 24.5 Å². The van der Waals surface area contributed by atoms with Crippen LogP contribution in [0.5, 0.6) is 0 Å². The summed E-state index contributed by atoms with van der Waals surface area (Å²) in [6.45, 7) is 2.20. The number of hydrogen-bond donors (Lipinski definition) is 2. The topological polar surface area (TPSA) is 58.6 Å². The summed E-state index contributed by atoms with van der Waals surface area (Å²) in [6.07, 6.45) is -0.544. The average Bonchev–Trinajstić information content (AvgIpc) is 2.55. The van der Waals surface area contributed by atoms with E-state index >= 15 is 0 Å². The Kier molecular flexibility index (Phi) is 7.59. The van der Waals surface area contributed by atoms with Crippen molar-refractivity contribution in [2.24, 2.45) is 0 Å². The summed E-state index contributed by atoms with van der Waals surface area (Å²) in [4.78, 5) is 12.0. The van der Waals surface area contributed by atoms with Crippen molar-refractivity contribution in [1.82, 2.24) is 0 Å². The fourth-order valence-corrected chi connectivity index (χ4v) is 2.91. The first kappa shape index (κ1) is 18.8. The Labute approximate surface area is 151 Å². The van der Waals surface area contributed by atoms with Gasteiger partial charge in [0.15, 0.2) is 0 Å². The van der Waals surface area contributed by atoms with E-state index in [1.807, 2.05) is 48.5 Å². The molecular weight excluding hydrogens is 346 g/mol. The molecule has 1 amide bonds. The number of nitrogens with one attached hydrogen (secondary N) is 1. The lowest BCUT2D eigenvalue weighted by atomic mass is 10.2. The first-order valence-corrected chi connectivity index (χ1v) is 8.90. The Hall–Kier alpha value is -1.53. The van der Waals surface area contributed by atoms with Crippen LogP contribution in [-0.2, 0) is 16.1 Å². The number of carbonyl (C=O) groups excluding carboxylic acids is 1. The lowest BCUT2D eigenvalue weighted by molar-refractivity contribution is -0.114. The van der Waals surface area contributed by atoms with E-state index in [0.717, 1.165) is 16.1 Å². The lowest BCUT2D eigenvalue weighted by Gasteiger charge is -2.11. The SMILES string of the molecule is CC(=O)Nc1ccc(SC[C@H](O)COCc2ccc(Cl)cc2)cc1. The molecule has 0 radical (unpaired) electrons. The highest BCUT2D eigenvalue weighted by Crippen LogP contribution is 2.21. The number of carbonyl (C=O) groups is 1. The number of amides is 1. The van der Waals surface area contributed by atoms with Gasteiger partial charge in [-0.05, 0) is 42.0 Å². The van der Waals surface area contributed by atoms with Crippen LogP contribution >= 0.6 is 23.4 Å². The first-order valence-electron chi connectivity index (χ1n) is 7.53. The van der Waals surface area contributed by atoms with Crippen molar-refractivity contribution in [3.63, 3.8) is 0 Å². The van der Waals surface area contributed by atoms with E-state index in [2.05, 4.69) is 5.32 Å². The van der Waals surface area contributed by atoms with Gasteiger partial charge < -0.3 is 15.2 Å². The van der Waals surface area contributed by atoms with Crippen LogP contribution in [0.25, 0.3) is 0 Å². The highest BCUT2D eigenvalue weighted by atomic mass is 35.5. The third kappa shape index (κ3) is 6.93. The largest absolute Gasteiger partial charge is 0.390 e. The number of anilines is 1. The summed E-state index contributed by atoms with van der Waals surface area (Å²) in [5.41, 5.74) is 1.78. The molecule has 0 aliphatic rings. The number of aliphatic hydroxyl groups is 1. The number of ether oxygens (including phenoxy) is 1. The van der Waals surface area contributed by atoms with Gasteiger partial charge in [0.1, 0.15) is 0 Å². The van der Waals surface area contributed by atoms with Gasteiger partial charge in [0.05, 0.1) is 19.3 Å². The Morgan fingerprint density at radius 1 is 1.21 bits per heavy atom. The van der Waals surface area contributed by atoms with Gasteiger partial charge in [-0.2, -0.15) is 0 Å². The predicted octanol–water partition coefficient (Wildman–Crippen LogP) is 3.97. The highest BCUT2D eigenvalue weighted by Gasteiger charge is 2.06. The summed E-state index contributed by atoms with van der Waals surface area (Å²) in [7, 11) is 0. The molecule has 0 spiro atoms. The first-order chi connectivity index (χ1) is 11.5. The minimum atomic E-state index is -0.544. The average molecular weight is 366 g/mol. The molecule has 0 bridgehead atoms. The zero-order valence-corrected chi connectivity index (χ0v) is 14.9. The quantitative estimate of drug-likeness (QED) is 0.695. The molecule has 2 rings (SSSR count). The second-order valence-corrected chi connectivity index (χ2v) is 6.84. The molecule has 0 aliphatic carbocycles. The minimum absolute atomic E-state index is 0.0938. The van der Waals surface area contributed by atoms with Gasteiger partial charge in [0.2, 0.25) is 5.91 Å². The number of aliphatic hydroxyl groups excluding tert-OH is 1. The van der Waals surface area contributed by atoms with Crippen LogP contribution in [0.4, 0.5) is 5.69 Å². The monoisotopic (exact) mass is 365 g/mol. The molecular formula is C18H20ClNO3S. The Bertz CT molecular complexity index is 646. The van der Waals surface area contributed by atoms with Crippen molar-refractivity contribution in [1.29, 1.82) is 0 Å². The van der Waals surface area contributed by atoms with Gasteiger partial charge in [0, 0.05) is 28.3 Å². The molecule has 24 heavy (non-hydrogen) atoms. The van der Waals surface area contributed by atoms with E-state index in [4.69, 9.17) is 16.3 Å². The number of hydrogen-bond acceptors (Lipinski definition) is 4. The molecule has 2 N–H and O–H groups in total. The molecule has 0 unspecified atom stereocenters. The number of halogens is 1. The predicted molar refractivity (Wildman–Crippen MR) is 98.6 cm³/mol. The second kappa shape index (κ2) is 9.69. The number of thioether (sulfide) groups is 1. The molecule has 0 fully saturated rings. The standard InChI is InChI=1S/C18H20ClNO3S/c1-13(21)20-16-6-8-18(9-7-16)24-12-17(22)11-23-10-14-2-4-15(19)5-3-14/h2-9,17,22H,10-12H2,1H3,(H,20,21)/t17-/m1/s1. The zero-order valence-electron chi connectivity index (χ0n) is 13.4. The number of benzene rings is 2.